The molecule has 0 unspecified atom stereocenters. The number of ether oxygens (including phenoxy) is 1. The number of nitrogens with zero attached hydrogens (tertiary/aromatic N) is 2. The summed E-state index contributed by atoms with van der Waals surface area (Å²) in [6.45, 7) is -2.54. The first-order valence-corrected chi connectivity index (χ1v) is 8.44. The lowest BCUT2D eigenvalue weighted by atomic mass is 10.1. The predicted molar refractivity (Wildman–Crippen MR) is 91.2 cm³/mol. The summed E-state index contributed by atoms with van der Waals surface area (Å²) in [5, 5.41) is 0. The Morgan fingerprint density at radius 3 is 1.96 bits per heavy atom. The van der Waals surface area contributed by atoms with Crippen molar-refractivity contribution in [3.63, 3.8) is 0 Å². The van der Waals surface area contributed by atoms with E-state index in [0.29, 0.717) is 0 Å². The van der Waals surface area contributed by atoms with Gasteiger partial charge >= 0.3 is 6.61 Å². The number of alkyl halides is 2. The van der Waals surface area contributed by atoms with Gasteiger partial charge in [0.15, 0.2) is 0 Å². The van der Waals surface area contributed by atoms with Gasteiger partial charge in [-0.3, -0.25) is 9.59 Å². The summed E-state index contributed by atoms with van der Waals surface area (Å²) in [5.74, 6) is -3.22. The molecule has 0 radical (unpaired) electrons. The predicted octanol–water partition coefficient (Wildman–Crippen LogP) is 3.16. The van der Waals surface area contributed by atoms with Crippen LogP contribution in [0.25, 0.3) is 0 Å². The van der Waals surface area contributed by atoms with Gasteiger partial charge in [0.2, 0.25) is 0 Å². The summed E-state index contributed by atoms with van der Waals surface area (Å²) in [6, 6.07) is 8.58. The number of rotatable bonds is 4. The van der Waals surface area contributed by atoms with Crippen LogP contribution in [0, 0.1) is 11.6 Å². The minimum absolute atomic E-state index is 0.0889. The highest BCUT2D eigenvalue weighted by molar-refractivity contribution is 5.96. The van der Waals surface area contributed by atoms with E-state index in [2.05, 4.69) is 4.74 Å². The fourth-order valence-corrected chi connectivity index (χ4v) is 2.96. The Balaban J connectivity index is 1.65. The molecule has 0 aromatic heterocycles. The number of halogens is 4. The van der Waals surface area contributed by atoms with E-state index in [1.54, 1.807) is 0 Å². The number of hydrogen-bond donors (Lipinski definition) is 0. The lowest BCUT2D eigenvalue weighted by Gasteiger charge is -2.35. The number of carbonyl (C=O) groups excluding carboxylic acids is 2. The average Bonchev–Trinajstić information content (AvgIpc) is 2.67. The lowest BCUT2D eigenvalue weighted by molar-refractivity contribution is -0.0499. The Kier molecular flexibility index (Phi) is 5.81. The molecule has 0 bridgehead atoms. The molecule has 0 spiro atoms. The molecule has 9 heteroatoms. The standard InChI is InChI=1S/C19H16F4N2O3/c20-14-5-2-6-15(21)16(14)18(27)25-9-7-24(8-10-25)17(26)12-3-1-4-13(11-12)28-19(22)23/h1-6,11,19H,7-10H2. The first-order valence-electron chi connectivity index (χ1n) is 8.44. The maximum Gasteiger partial charge on any atom is 0.387 e. The summed E-state index contributed by atoms with van der Waals surface area (Å²) < 4.78 is 56.5. The Morgan fingerprint density at radius 1 is 0.857 bits per heavy atom. The van der Waals surface area contributed by atoms with Crippen LogP contribution in [0.4, 0.5) is 17.6 Å². The van der Waals surface area contributed by atoms with E-state index in [-0.39, 0.29) is 37.5 Å². The van der Waals surface area contributed by atoms with Crippen molar-refractivity contribution in [3.05, 3.63) is 65.2 Å². The van der Waals surface area contributed by atoms with E-state index in [1.165, 1.54) is 40.1 Å². The molecule has 1 aliphatic heterocycles. The van der Waals surface area contributed by atoms with Crippen molar-refractivity contribution in [3.8, 4) is 5.75 Å². The molecule has 3 rings (SSSR count). The third-order valence-electron chi connectivity index (χ3n) is 4.34. The molecule has 2 aromatic carbocycles. The normalized spacial score (nSPS) is 14.3. The summed E-state index contributed by atoms with van der Waals surface area (Å²) >= 11 is 0. The van der Waals surface area contributed by atoms with Crippen molar-refractivity contribution in [2.24, 2.45) is 0 Å². The Morgan fingerprint density at radius 2 is 1.39 bits per heavy atom. The van der Waals surface area contributed by atoms with Gasteiger partial charge in [0.25, 0.3) is 11.8 Å². The van der Waals surface area contributed by atoms with Gasteiger partial charge in [-0.15, -0.1) is 0 Å². The summed E-state index contributed by atoms with van der Waals surface area (Å²) in [7, 11) is 0. The summed E-state index contributed by atoms with van der Waals surface area (Å²) in [4.78, 5) is 27.6. The number of piperazine rings is 1. The first-order chi connectivity index (χ1) is 13.4. The van der Waals surface area contributed by atoms with Crippen LogP contribution in [-0.2, 0) is 0 Å². The van der Waals surface area contributed by atoms with E-state index < -0.39 is 35.6 Å². The molecule has 2 amide bonds. The van der Waals surface area contributed by atoms with Crippen LogP contribution in [0.15, 0.2) is 42.5 Å². The van der Waals surface area contributed by atoms with E-state index in [0.717, 1.165) is 12.1 Å². The smallest absolute Gasteiger partial charge is 0.387 e. The maximum atomic E-state index is 13.8. The highest BCUT2D eigenvalue weighted by atomic mass is 19.3. The SMILES string of the molecule is O=C(c1cccc(OC(F)F)c1)N1CCN(C(=O)c2c(F)cccc2F)CC1. The van der Waals surface area contributed by atoms with E-state index in [1.807, 2.05) is 0 Å². The molecule has 0 atom stereocenters. The van der Waals surface area contributed by atoms with Crippen LogP contribution in [0.3, 0.4) is 0 Å². The van der Waals surface area contributed by atoms with Crippen LogP contribution in [0.1, 0.15) is 20.7 Å². The van der Waals surface area contributed by atoms with Gasteiger partial charge in [-0.25, -0.2) is 8.78 Å². The van der Waals surface area contributed by atoms with Gasteiger partial charge < -0.3 is 14.5 Å². The van der Waals surface area contributed by atoms with Crippen molar-refractivity contribution in [2.45, 2.75) is 6.61 Å². The monoisotopic (exact) mass is 396 g/mol. The topological polar surface area (TPSA) is 49.9 Å². The van der Waals surface area contributed by atoms with Crippen molar-refractivity contribution in [1.29, 1.82) is 0 Å². The molecule has 2 aromatic rings. The fraction of sp³-hybridized carbons (Fsp3) is 0.263. The zero-order chi connectivity index (χ0) is 20.3. The fourth-order valence-electron chi connectivity index (χ4n) is 2.96. The number of carbonyl (C=O) groups is 2. The van der Waals surface area contributed by atoms with E-state index >= 15 is 0 Å². The minimum atomic E-state index is -3.00. The van der Waals surface area contributed by atoms with Gasteiger partial charge in [0, 0.05) is 31.7 Å². The van der Waals surface area contributed by atoms with Gasteiger partial charge in [0.1, 0.15) is 22.9 Å². The maximum absolute atomic E-state index is 13.8. The van der Waals surface area contributed by atoms with Crippen LogP contribution in [0.2, 0.25) is 0 Å². The molecule has 1 aliphatic rings. The Labute approximate surface area is 158 Å². The third kappa shape index (κ3) is 4.24. The molecule has 0 aliphatic carbocycles. The van der Waals surface area contributed by atoms with Gasteiger partial charge in [-0.05, 0) is 30.3 Å². The van der Waals surface area contributed by atoms with Crippen LogP contribution in [-0.4, -0.2) is 54.4 Å². The molecule has 1 fully saturated rings. The summed E-state index contributed by atoms with van der Waals surface area (Å²) in [5.41, 5.74) is -0.461. The molecule has 0 N–H and O–H groups in total. The first kappa shape index (κ1) is 19.7. The molecule has 1 saturated heterocycles. The quantitative estimate of drug-likeness (QED) is 0.746. The van der Waals surface area contributed by atoms with Crippen molar-refractivity contribution in [2.75, 3.05) is 26.2 Å². The number of hydrogen-bond acceptors (Lipinski definition) is 3. The molecule has 5 nitrogen and oxygen atoms in total. The molecule has 148 valence electrons. The van der Waals surface area contributed by atoms with Crippen molar-refractivity contribution >= 4 is 11.8 Å². The van der Waals surface area contributed by atoms with Gasteiger partial charge in [-0.1, -0.05) is 12.1 Å². The highest BCUT2D eigenvalue weighted by Gasteiger charge is 2.28. The number of benzene rings is 2. The largest absolute Gasteiger partial charge is 0.435 e. The molecular formula is C19H16F4N2O3. The minimum Gasteiger partial charge on any atom is -0.435 e. The van der Waals surface area contributed by atoms with Gasteiger partial charge in [-0.2, -0.15) is 8.78 Å². The second-order valence-electron chi connectivity index (χ2n) is 6.09. The molecule has 28 heavy (non-hydrogen) atoms. The zero-order valence-electron chi connectivity index (χ0n) is 14.6. The van der Waals surface area contributed by atoms with E-state index in [4.69, 9.17) is 0 Å². The average molecular weight is 396 g/mol. The van der Waals surface area contributed by atoms with Crippen LogP contribution in [0.5, 0.6) is 5.75 Å². The zero-order valence-corrected chi connectivity index (χ0v) is 14.6. The highest BCUT2D eigenvalue weighted by Crippen LogP contribution is 2.19. The second-order valence-corrected chi connectivity index (χ2v) is 6.09. The van der Waals surface area contributed by atoms with Crippen LogP contribution < -0.4 is 4.74 Å². The van der Waals surface area contributed by atoms with E-state index in [9.17, 15) is 27.2 Å². The Bertz CT molecular complexity index is 863. The third-order valence-corrected chi connectivity index (χ3v) is 4.34. The van der Waals surface area contributed by atoms with Gasteiger partial charge in [0.05, 0.1) is 0 Å². The number of amides is 2. The molecular weight excluding hydrogens is 380 g/mol. The van der Waals surface area contributed by atoms with Crippen LogP contribution >= 0.6 is 0 Å². The van der Waals surface area contributed by atoms with Crippen molar-refractivity contribution < 1.29 is 31.9 Å². The lowest BCUT2D eigenvalue weighted by Crippen LogP contribution is -2.50. The molecule has 1 heterocycles. The molecule has 0 saturated carbocycles. The Hall–Kier alpha value is -3.10. The second kappa shape index (κ2) is 8.28. The van der Waals surface area contributed by atoms with Crippen molar-refractivity contribution in [1.82, 2.24) is 9.80 Å². The summed E-state index contributed by atoms with van der Waals surface area (Å²) in [6.07, 6.45) is 0.